The van der Waals surface area contributed by atoms with Crippen LogP contribution in [0.25, 0.3) is 10.6 Å². The molecule has 4 rings (SSSR count). The van der Waals surface area contributed by atoms with Gasteiger partial charge in [0.2, 0.25) is 0 Å². The average molecular weight is 356 g/mol. The van der Waals surface area contributed by atoms with E-state index in [9.17, 15) is 4.79 Å². The largest absolute Gasteiger partial charge is 0.351 e. The highest BCUT2D eigenvalue weighted by molar-refractivity contribution is 7.16. The molecule has 0 saturated carbocycles. The maximum atomic E-state index is 12.5. The van der Waals surface area contributed by atoms with E-state index in [0.717, 1.165) is 17.1 Å². The van der Waals surface area contributed by atoms with E-state index in [0.29, 0.717) is 16.8 Å². The summed E-state index contributed by atoms with van der Waals surface area (Å²) in [5, 5.41) is 4.08. The number of carbonyl (C=O) groups is 1. The molecule has 1 aromatic heterocycles. The number of rotatable bonds is 4. The molecule has 25 heavy (non-hydrogen) atoms. The van der Waals surface area contributed by atoms with E-state index in [2.05, 4.69) is 15.2 Å². The van der Waals surface area contributed by atoms with Crippen molar-refractivity contribution >= 4 is 17.2 Å². The lowest BCUT2D eigenvalue weighted by atomic mass is 9.83. The molecule has 0 spiro atoms. The topological polar surface area (TPSA) is 45.2 Å². The Labute approximate surface area is 153 Å². The van der Waals surface area contributed by atoms with Gasteiger partial charge in [-0.15, -0.1) is 11.3 Å². The number of carbonyl (C=O) groups excluding carboxylic acids is 1. The van der Waals surface area contributed by atoms with Crippen LogP contribution in [-0.4, -0.2) is 41.5 Å². The number of nitrogens with zero attached hydrogens (tertiary/aromatic N) is 2. The van der Waals surface area contributed by atoms with Gasteiger partial charge in [-0.25, -0.2) is 4.98 Å². The fourth-order valence-electron chi connectivity index (χ4n) is 4.22. The van der Waals surface area contributed by atoms with Crippen LogP contribution in [0.1, 0.15) is 41.8 Å². The molecule has 0 unspecified atom stereocenters. The first-order valence-electron chi connectivity index (χ1n) is 9.35. The minimum absolute atomic E-state index is 0.0209. The zero-order valence-electron chi connectivity index (χ0n) is 14.5. The van der Waals surface area contributed by atoms with E-state index in [1.807, 2.05) is 30.3 Å². The van der Waals surface area contributed by atoms with Crippen molar-refractivity contribution in [1.29, 1.82) is 0 Å². The number of hydrogen-bond donors (Lipinski definition) is 1. The molecule has 4 nitrogen and oxygen atoms in total. The van der Waals surface area contributed by atoms with Crippen molar-refractivity contribution in [1.82, 2.24) is 15.2 Å². The summed E-state index contributed by atoms with van der Waals surface area (Å²) < 4.78 is 0. The first-order valence-corrected chi connectivity index (χ1v) is 10.2. The average Bonchev–Trinajstić information content (AvgIpc) is 3.17. The second-order valence-corrected chi connectivity index (χ2v) is 8.14. The molecule has 0 aliphatic carbocycles. The summed E-state index contributed by atoms with van der Waals surface area (Å²) in [6, 6.07) is 10.7. The summed E-state index contributed by atoms with van der Waals surface area (Å²) in [5.74, 6) is 0.618. The number of aromatic nitrogens is 1. The third-order valence-corrected chi connectivity index (χ3v) is 6.55. The van der Waals surface area contributed by atoms with Crippen LogP contribution in [0.15, 0.2) is 36.5 Å². The number of hydrogen-bond acceptors (Lipinski definition) is 4. The molecule has 1 aromatic carbocycles. The highest BCUT2D eigenvalue weighted by Crippen LogP contribution is 2.30. The number of benzene rings is 1. The van der Waals surface area contributed by atoms with Crippen LogP contribution in [0.2, 0.25) is 0 Å². The molecule has 2 aliphatic heterocycles. The van der Waals surface area contributed by atoms with E-state index < -0.39 is 0 Å². The van der Waals surface area contributed by atoms with Gasteiger partial charge in [-0.1, -0.05) is 36.8 Å². The molecule has 2 aromatic rings. The monoisotopic (exact) mass is 355 g/mol. The van der Waals surface area contributed by atoms with E-state index >= 15 is 0 Å². The lowest BCUT2D eigenvalue weighted by molar-refractivity contribution is 0.0576. The predicted octanol–water partition coefficient (Wildman–Crippen LogP) is 3.80. The SMILES string of the molecule is O=C(NC[C@@H]1CCCN2CCCC[C@H]12)c1cnc(-c2ccccc2)s1. The summed E-state index contributed by atoms with van der Waals surface area (Å²) in [6.45, 7) is 3.27. The molecule has 2 saturated heterocycles. The highest BCUT2D eigenvalue weighted by Gasteiger charge is 2.33. The Morgan fingerprint density at radius 3 is 2.88 bits per heavy atom. The zero-order chi connectivity index (χ0) is 17.1. The lowest BCUT2D eigenvalue weighted by Gasteiger charge is -2.44. The van der Waals surface area contributed by atoms with Gasteiger partial charge >= 0.3 is 0 Å². The van der Waals surface area contributed by atoms with Gasteiger partial charge in [0.15, 0.2) is 0 Å². The minimum Gasteiger partial charge on any atom is -0.351 e. The van der Waals surface area contributed by atoms with Gasteiger partial charge in [0.05, 0.1) is 6.20 Å². The van der Waals surface area contributed by atoms with Crippen LogP contribution >= 0.6 is 11.3 Å². The Hall–Kier alpha value is -1.72. The molecule has 2 fully saturated rings. The first-order chi connectivity index (χ1) is 12.3. The van der Waals surface area contributed by atoms with Crippen LogP contribution in [-0.2, 0) is 0 Å². The van der Waals surface area contributed by atoms with Crippen molar-refractivity contribution in [3.63, 3.8) is 0 Å². The molecular weight excluding hydrogens is 330 g/mol. The third kappa shape index (κ3) is 3.77. The highest BCUT2D eigenvalue weighted by atomic mass is 32.1. The van der Waals surface area contributed by atoms with Gasteiger partial charge in [0.25, 0.3) is 5.91 Å². The Balaban J connectivity index is 1.37. The Bertz CT molecular complexity index is 713. The fraction of sp³-hybridized carbons (Fsp3) is 0.500. The number of nitrogens with one attached hydrogen (secondary N) is 1. The summed E-state index contributed by atoms with van der Waals surface area (Å²) in [6.07, 6.45) is 8.16. The smallest absolute Gasteiger partial charge is 0.263 e. The predicted molar refractivity (Wildman–Crippen MR) is 102 cm³/mol. The van der Waals surface area contributed by atoms with Gasteiger partial charge in [0.1, 0.15) is 9.88 Å². The second-order valence-electron chi connectivity index (χ2n) is 7.11. The van der Waals surface area contributed by atoms with E-state index in [1.54, 1.807) is 6.20 Å². The lowest BCUT2D eigenvalue weighted by Crippen LogP contribution is -2.50. The molecule has 1 amide bonds. The van der Waals surface area contributed by atoms with Crippen LogP contribution in [0.3, 0.4) is 0 Å². The van der Waals surface area contributed by atoms with Crippen molar-refractivity contribution in [3.05, 3.63) is 41.4 Å². The van der Waals surface area contributed by atoms with Crippen molar-refractivity contribution in [2.45, 2.75) is 38.1 Å². The molecule has 2 aliphatic rings. The van der Waals surface area contributed by atoms with E-state index in [-0.39, 0.29) is 5.91 Å². The Morgan fingerprint density at radius 1 is 1.16 bits per heavy atom. The number of amides is 1. The summed E-state index contributed by atoms with van der Waals surface area (Å²) in [5.41, 5.74) is 1.07. The maximum Gasteiger partial charge on any atom is 0.263 e. The zero-order valence-corrected chi connectivity index (χ0v) is 15.3. The molecule has 3 heterocycles. The molecule has 132 valence electrons. The molecule has 2 atom stereocenters. The Morgan fingerprint density at radius 2 is 2.00 bits per heavy atom. The normalized spacial score (nSPS) is 23.8. The van der Waals surface area contributed by atoms with Crippen LogP contribution in [0.4, 0.5) is 0 Å². The van der Waals surface area contributed by atoms with Gasteiger partial charge in [-0.05, 0) is 44.7 Å². The summed E-state index contributed by atoms with van der Waals surface area (Å²) >= 11 is 1.47. The van der Waals surface area contributed by atoms with E-state index in [1.165, 1.54) is 56.5 Å². The van der Waals surface area contributed by atoms with Crippen molar-refractivity contribution in [2.75, 3.05) is 19.6 Å². The van der Waals surface area contributed by atoms with E-state index in [4.69, 9.17) is 0 Å². The van der Waals surface area contributed by atoms with Crippen LogP contribution in [0.5, 0.6) is 0 Å². The first kappa shape index (κ1) is 16.7. The van der Waals surface area contributed by atoms with Gasteiger partial charge in [-0.3, -0.25) is 4.79 Å². The summed E-state index contributed by atoms with van der Waals surface area (Å²) in [7, 11) is 0. The quantitative estimate of drug-likeness (QED) is 0.907. The number of fused-ring (bicyclic) bond motifs is 1. The fourth-order valence-corrected chi connectivity index (χ4v) is 5.06. The van der Waals surface area contributed by atoms with Crippen LogP contribution < -0.4 is 5.32 Å². The Kier molecular flexibility index (Phi) is 5.13. The minimum atomic E-state index is 0.0209. The van der Waals surface area contributed by atoms with Crippen molar-refractivity contribution < 1.29 is 4.79 Å². The molecule has 1 N–H and O–H groups in total. The van der Waals surface area contributed by atoms with Gasteiger partial charge in [0, 0.05) is 18.2 Å². The molecular formula is C20H25N3OS. The molecule has 0 radical (unpaired) electrons. The third-order valence-electron chi connectivity index (χ3n) is 5.50. The molecule has 5 heteroatoms. The number of piperidine rings is 2. The molecule has 0 bridgehead atoms. The number of thiazole rings is 1. The maximum absolute atomic E-state index is 12.5. The standard InChI is InChI=1S/C20H25N3OS/c24-19(18-14-22-20(25-18)15-7-2-1-3-8-15)21-13-16-9-6-12-23-11-5-4-10-17(16)23/h1-3,7-8,14,16-17H,4-6,9-13H2,(H,21,24)/t16-,17+/m0/s1. The van der Waals surface area contributed by atoms with Crippen molar-refractivity contribution in [3.8, 4) is 10.6 Å². The second kappa shape index (κ2) is 7.67. The summed E-state index contributed by atoms with van der Waals surface area (Å²) in [4.78, 5) is 20.3. The van der Waals surface area contributed by atoms with Crippen LogP contribution in [0, 0.1) is 5.92 Å². The van der Waals surface area contributed by atoms with Gasteiger partial charge < -0.3 is 10.2 Å². The van der Waals surface area contributed by atoms with Gasteiger partial charge in [-0.2, -0.15) is 0 Å². The van der Waals surface area contributed by atoms with Crippen molar-refractivity contribution in [2.24, 2.45) is 5.92 Å².